The van der Waals surface area contributed by atoms with E-state index in [4.69, 9.17) is 9.97 Å². The normalized spacial score (nSPS) is 11.8. The molecule has 0 fully saturated rings. The van der Waals surface area contributed by atoms with E-state index in [0.29, 0.717) is 0 Å². The summed E-state index contributed by atoms with van der Waals surface area (Å²) in [6.07, 6.45) is 2.26. The predicted molar refractivity (Wildman–Crippen MR) is 197 cm³/mol. The first-order valence-corrected chi connectivity index (χ1v) is 16.0. The second-order valence-electron chi connectivity index (χ2n) is 12.2. The molecule has 47 heavy (non-hydrogen) atoms. The highest BCUT2D eigenvalue weighted by Crippen LogP contribution is 2.45. The molecule has 0 saturated heterocycles. The molecule has 7 aromatic carbocycles. The van der Waals surface area contributed by atoms with Crippen molar-refractivity contribution in [2.24, 2.45) is 0 Å². The lowest BCUT2D eigenvalue weighted by molar-refractivity contribution is 1.22. The maximum atomic E-state index is 5.21. The minimum atomic E-state index is 0.903. The Hall–Kier alpha value is -6.32. The van der Waals surface area contributed by atoms with Crippen molar-refractivity contribution in [3.8, 4) is 33.5 Å². The van der Waals surface area contributed by atoms with E-state index in [2.05, 4.69) is 156 Å². The fourth-order valence-electron chi connectivity index (χ4n) is 7.52. The summed E-state index contributed by atoms with van der Waals surface area (Å²) in [4.78, 5) is 10.4. The van der Waals surface area contributed by atoms with Crippen molar-refractivity contribution in [1.82, 2.24) is 14.4 Å². The first-order valence-electron chi connectivity index (χ1n) is 16.0. The van der Waals surface area contributed by atoms with Crippen LogP contribution in [0.1, 0.15) is 0 Å². The van der Waals surface area contributed by atoms with Crippen LogP contribution in [0, 0.1) is 0 Å². The molecule has 10 aromatic rings. The highest BCUT2D eigenvalue weighted by Gasteiger charge is 2.20. The van der Waals surface area contributed by atoms with Crippen LogP contribution in [0.25, 0.3) is 93.4 Å². The number of nitrogens with zero attached hydrogens (tertiary/aromatic N) is 3. The number of fused-ring (bicyclic) bond motifs is 8. The first kappa shape index (κ1) is 26.0. The maximum Gasteiger partial charge on any atom is 0.138 e. The molecule has 0 unspecified atom stereocenters. The van der Waals surface area contributed by atoms with Gasteiger partial charge >= 0.3 is 0 Å². The molecule has 0 atom stereocenters. The van der Waals surface area contributed by atoms with Gasteiger partial charge in [-0.3, -0.25) is 4.40 Å². The second kappa shape index (κ2) is 10.1. The molecule has 0 aliphatic carbocycles. The SMILES string of the molecule is c1ccc(-c2nc3ccccc3c3nc4ccc(-c5c6ccccc6c(-c6cccc7ccccc67)c6ccccc56)cn4c23)cc1. The highest BCUT2D eigenvalue weighted by atomic mass is 15.0. The van der Waals surface area contributed by atoms with Gasteiger partial charge in [0.1, 0.15) is 11.2 Å². The van der Waals surface area contributed by atoms with Crippen LogP contribution >= 0.6 is 0 Å². The van der Waals surface area contributed by atoms with E-state index in [-0.39, 0.29) is 0 Å². The molecule has 0 amide bonds. The zero-order chi connectivity index (χ0) is 30.9. The van der Waals surface area contributed by atoms with Crippen LogP contribution in [0.2, 0.25) is 0 Å². The topological polar surface area (TPSA) is 30.2 Å². The lowest BCUT2D eigenvalue weighted by Crippen LogP contribution is -1.94. The average Bonchev–Trinajstić information content (AvgIpc) is 3.53. The van der Waals surface area contributed by atoms with Gasteiger partial charge in [-0.25, -0.2) is 9.97 Å². The third-order valence-electron chi connectivity index (χ3n) is 9.56. The van der Waals surface area contributed by atoms with Gasteiger partial charge in [-0.1, -0.05) is 140 Å². The van der Waals surface area contributed by atoms with Gasteiger partial charge in [-0.15, -0.1) is 0 Å². The Labute approximate surface area is 271 Å². The van der Waals surface area contributed by atoms with Crippen LogP contribution in [0.3, 0.4) is 0 Å². The van der Waals surface area contributed by atoms with Gasteiger partial charge in [-0.05, 0) is 72.8 Å². The standard InChI is InChI=1S/C44H27N3/c1-2-14-29(15-3-1)42-44-43(37-22-10-11-24-38(37)45-42)46-39-26-25-30(27-47(39)44)40-33-18-6-8-20-35(33)41(36-21-9-7-19-34(36)40)32-23-12-16-28-13-4-5-17-31(28)32/h1-27H. The second-order valence-corrected chi connectivity index (χ2v) is 12.2. The lowest BCUT2D eigenvalue weighted by Gasteiger charge is -2.19. The number of pyridine rings is 2. The summed E-state index contributed by atoms with van der Waals surface area (Å²) < 4.78 is 2.24. The van der Waals surface area contributed by atoms with Crippen LogP contribution in [0.5, 0.6) is 0 Å². The van der Waals surface area contributed by atoms with Gasteiger partial charge in [0.05, 0.1) is 16.7 Å². The molecule has 0 bridgehead atoms. The molecule has 3 heteroatoms. The summed E-state index contributed by atoms with van der Waals surface area (Å²) >= 11 is 0. The summed E-state index contributed by atoms with van der Waals surface area (Å²) in [6.45, 7) is 0. The molecular formula is C44H27N3. The molecule has 0 saturated carbocycles. The number of hydrogen-bond acceptors (Lipinski definition) is 2. The number of benzene rings is 7. The van der Waals surface area contributed by atoms with Crippen molar-refractivity contribution >= 4 is 59.9 Å². The maximum absolute atomic E-state index is 5.21. The summed E-state index contributed by atoms with van der Waals surface area (Å²) in [6, 6.07) is 56.2. The van der Waals surface area contributed by atoms with Crippen LogP contribution in [-0.4, -0.2) is 14.4 Å². The first-order chi connectivity index (χ1) is 23.3. The van der Waals surface area contributed by atoms with Crippen molar-refractivity contribution < 1.29 is 0 Å². The molecule has 3 nitrogen and oxygen atoms in total. The summed E-state index contributed by atoms with van der Waals surface area (Å²) in [7, 11) is 0. The van der Waals surface area contributed by atoms with E-state index >= 15 is 0 Å². The van der Waals surface area contributed by atoms with Crippen molar-refractivity contribution in [1.29, 1.82) is 0 Å². The van der Waals surface area contributed by atoms with Crippen molar-refractivity contribution in [2.45, 2.75) is 0 Å². The predicted octanol–water partition coefficient (Wildman–Crippen LogP) is 11.5. The Bertz CT molecular complexity index is 2780. The Balaban J connectivity index is 1.32. The van der Waals surface area contributed by atoms with Gasteiger partial charge in [0.25, 0.3) is 0 Å². The third-order valence-corrected chi connectivity index (χ3v) is 9.56. The number of hydrogen-bond donors (Lipinski definition) is 0. The van der Waals surface area contributed by atoms with E-state index in [1.807, 2.05) is 12.1 Å². The lowest BCUT2D eigenvalue weighted by atomic mass is 9.85. The van der Waals surface area contributed by atoms with Gasteiger partial charge in [-0.2, -0.15) is 0 Å². The molecule has 10 rings (SSSR count). The smallest absolute Gasteiger partial charge is 0.138 e. The zero-order valence-electron chi connectivity index (χ0n) is 25.4. The molecule has 3 aromatic heterocycles. The molecule has 3 heterocycles. The van der Waals surface area contributed by atoms with Crippen molar-refractivity contribution in [3.05, 3.63) is 164 Å². The zero-order valence-corrected chi connectivity index (χ0v) is 25.4. The molecular weight excluding hydrogens is 571 g/mol. The van der Waals surface area contributed by atoms with Crippen LogP contribution in [0.4, 0.5) is 0 Å². The molecule has 0 aliphatic rings. The van der Waals surface area contributed by atoms with Crippen LogP contribution in [0.15, 0.2) is 164 Å². The summed E-state index contributed by atoms with van der Waals surface area (Å²) in [5.41, 5.74) is 10.7. The largest absolute Gasteiger partial charge is 0.297 e. The van der Waals surface area contributed by atoms with E-state index < -0.39 is 0 Å². The van der Waals surface area contributed by atoms with Crippen molar-refractivity contribution in [3.63, 3.8) is 0 Å². The quantitative estimate of drug-likeness (QED) is 0.190. The molecule has 0 N–H and O–H groups in total. The minimum Gasteiger partial charge on any atom is -0.297 e. The fraction of sp³-hybridized carbons (Fsp3) is 0. The monoisotopic (exact) mass is 597 g/mol. The van der Waals surface area contributed by atoms with E-state index in [1.54, 1.807) is 0 Å². The minimum absolute atomic E-state index is 0.903. The fourth-order valence-corrected chi connectivity index (χ4v) is 7.52. The summed E-state index contributed by atoms with van der Waals surface area (Å²) in [5.74, 6) is 0. The van der Waals surface area contributed by atoms with Gasteiger partial charge < -0.3 is 0 Å². The average molecular weight is 598 g/mol. The summed E-state index contributed by atoms with van der Waals surface area (Å²) in [5, 5.41) is 8.50. The van der Waals surface area contributed by atoms with E-state index in [9.17, 15) is 0 Å². The van der Waals surface area contributed by atoms with Crippen LogP contribution < -0.4 is 0 Å². The van der Waals surface area contributed by atoms with Gasteiger partial charge in [0.15, 0.2) is 0 Å². The molecule has 0 aliphatic heterocycles. The highest BCUT2D eigenvalue weighted by molar-refractivity contribution is 6.23. The van der Waals surface area contributed by atoms with E-state index in [0.717, 1.165) is 44.4 Å². The Morgan fingerprint density at radius 2 is 1.00 bits per heavy atom. The number of rotatable bonds is 3. The van der Waals surface area contributed by atoms with E-state index in [1.165, 1.54) is 49.0 Å². The Kier molecular flexibility index (Phi) is 5.57. The number of imidazole rings is 1. The Morgan fingerprint density at radius 3 is 1.74 bits per heavy atom. The molecule has 218 valence electrons. The van der Waals surface area contributed by atoms with Crippen molar-refractivity contribution in [2.75, 3.05) is 0 Å². The Morgan fingerprint density at radius 1 is 0.404 bits per heavy atom. The molecule has 0 spiro atoms. The third kappa shape index (κ3) is 3.87. The van der Waals surface area contributed by atoms with Gasteiger partial charge in [0.2, 0.25) is 0 Å². The number of para-hydroxylation sites is 1. The van der Waals surface area contributed by atoms with Gasteiger partial charge in [0, 0.05) is 17.1 Å². The number of aromatic nitrogens is 3. The molecule has 0 radical (unpaired) electrons. The van der Waals surface area contributed by atoms with Crippen LogP contribution in [-0.2, 0) is 0 Å².